The Bertz CT molecular complexity index is 510. The second kappa shape index (κ2) is 16.1. The summed E-state index contributed by atoms with van der Waals surface area (Å²) in [6.45, 7) is 6.32. The van der Waals surface area contributed by atoms with Crippen molar-refractivity contribution in [3.8, 4) is 0 Å². The number of likely N-dealkylation sites (N-methyl/N-ethyl adjacent to an activating group) is 1. The smallest absolute Gasteiger partial charge is 0.191 e. The van der Waals surface area contributed by atoms with Gasteiger partial charge in [-0.05, 0) is 20.5 Å². The fourth-order valence-corrected chi connectivity index (χ4v) is 2.43. The van der Waals surface area contributed by atoms with Crippen molar-refractivity contribution in [1.82, 2.24) is 25.3 Å². The third kappa shape index (κ3) is 11.5. The highest BCUT2D eigenvalue weighted by Crippen LogP contribution is 2.15. The van der Waals surface area contributed by atoms with E-state index in [-0.39, 0.29) is 30.0 Å². The van der Waals surface area contributed by atoms with Crippen LogP contribution in [-0.2, 0) is 16.5 Å². The lowest BCUT2D eigenvalue weighted by molar-refractivity contribution is 0.0487. The van der Waals surface area contributed by atoms with Gasteiger partial charge in [0.15, 0.2) is 5.96 Å². The largest absolute Gasteiger partial charge is 0.379 e. The minimum atomic E-state index is 0. The first kappa shape index (κ1) is 26.1. The molecule has 158 valence electrons. The van der Waals surface area contributed by atoms with E-state index in [1.807, 2.05) is 24.1 Å². The third-order valence-corrected chi connectivity index (χ3v) is 3.97. The molecule has 0 aliphatic heterocycles. The zero-order valence-electron chi connectivity index (χ0n) is 17.4. The van der Waals surface area contributed by atoms with Crippen molar-refractivity contribution in [1.29, 1.82) is 0 Å². The number of hydrogen-bond acceptors (Lipinski definition) is 5. The third-order valence-electron chi connectivity index (χ3n) is 3.97. The zero-order valence-corrected chi connectivity index (χ0v) is 19.7. The molecule has 1 rings (SSSR count). The van der Waals surface area contributed by atoms with E-state index >= 15 is 0 Å². The summed E-state index contributed by atoms with van der Waals surface area (Å²) in [5.74, 6) is 0.767. The molecule has 0 aromatic carbocycles. The molecular formula is C18H37IN6O2. The van der Waals surface area contributed by atoms with Crippen molar-refractivity contribution in [2.24, 2.45) is 12.0 Å². The summed E-state index contributed by atoms with van der Waals surface area (Å²) >= 11 is 0. The van der Waals surface area contributed by atoms with E-state index < -0.39 is 0 Å². The highest BCUT2D eigenvalue weighted by molar-refractivity contribution is 14.0. The van der Waals surface area contributed by atoms with Gasteiger partial charge in [-0.25, -0.2) is 0 Å². The summed E-state index contributed by atoms with van der Waals surface area (Å²) in [5, 5.41) is 10.9. The summed E-state index contributed by atoms with van der Waals surface area (Å²) in [6, 6.07) is 0.221. The molecule has 8 nitrogen and oxygen atoms in total. The fraction of sp³-hybridized carbons (Fsp3) is 0.778. The monoisotopic (exact) mass is 496 g/mol. The fourth-order valence-electron chi connectivity index (χ4n) is 2.43. The molecule has 0 spiro atoms. The first-order chi connectivity index (χ1) is 12.6. The standard InChI is InChI=1S/C18H36N6O2.HI/c1-6-7-9-25-11-12-26-10-8-20-18(19-2)21-14-17(23(3)4)16-13-22-24(5)15-16;/h13,15,17H,6-12,14H2,1-5H3,(H2,19,20,21);1H. The second-order valence-corrected chi connectivity index (χ2v) is 6.38. The molecule has 1 atom stereocenters. The van der Waals surface area contributed by atoms with Crippen LogP contribution in [0, 0.1) is 0 Å². The summed E-state index contributed by atoms with van der Waals surface area (Å²) in [7, 11) is 7.82. The molecule has 27 heavy (non-hydrogen) atoms. The highest BCUT2D eigenvalue weighted by Gasteiger charge is 2.16. The van der Waals surface area contributed by atoms with Crippen molar-refractivity contribution < 1.29 is 9.47 Å². The molecule has 0 saturated carbocycles. The number of ether oxygens (including phenoxy) is 2. The molecule has 0 radical (unpaired) electrons. The van der Waals surface area contributed by atoms with Crippen LogP contribution in [0.5, 0.6) is 0 Å². The van der Waals surface area contributed by atoms with Gasteiger partial charge in [-0.15, -0.1) is 24.0 Å². The molecule has 0 aliphatic carbocycles. The number of nitrogens with zero attached hydrogens (tertiary/aromatic N) is 4. The van der Waals surface area contributed by atoms with Crippen LogP contribution in [0.3, 0.4) is 0 Å². The molecule has 1 heterocycles. The van der Waals surface area contributed by atoms with Gasteiger partial charge < -0.3 is 25.0 Å². The van der Waals surface area contributed by atoms with Gasteiger partial charge in [0.05, 0.1) is 32.1 Å². The Hall–Kier alpha value is -0.910. The first-order valence-corrected chi connectivity index (χ1v) is 9.33. The second-order valence-electron chi connectivity index (χ2n) is 6.38. The minimum Gasteiger partial charge on any atom is -0.379 e. The van der Waals surface area contributed by atoms with Crippen molar-refractivity contribution in [3.63, 3.8) is 0 Å². The summed E-state index contributed by atoms with van der Waals surface area (Å²) < 4.78 is 12.8. The van der Waals surface area contributed by atoms with E-state index in [0.717, 1.165) is 32.0 Å². The topological polar surface area (TPSA) is 75.9 Å². The van der Waals surface area contributed by atoms with Crippen LogP contribution in [0.2, 0.25) is 0 Å². The number of unbranched alkanes of at least 4 members (excludes halogenated alkanes) is 1. The number of aryl methyl sites for hydroxylation is 1. The van der Waals surface area contributed by atoms with Crippen LogP contribution in [0.25, 0.3) is 0 Å². The summed E-state index contributed by atoms with van der Waals surface area (Å²) in [4.78, 5) is 6.43. The maximum absolute atomic E-state index is 5.56. The van der Waals surface area contributed by atoms with E-state index in [1.54, 1.807) is 7.05 Å². The summed E-state index contributed by atoms with van der Waals surface area (Å²) in [5.41, 5.74) is 1.17. The molecule has 1 unspecified atom stereocenters. The predicted octanol–water partition coefficient (Wildman–Crippen LogP) is 1.64. The Balaban J connectivity index is 0.00000676. The van der Waals surface area contributed by atoms with Crippen LogP contribution in [0.1, 0.15) is 31.4 Å². The number of hydrogen-bond donors (Lipinski definition) is 2. The SMILES string of the molecule is CCCCOCCOCCNC(=NC)NCC(c1cnn(C)c1)N(C)C.I. The van der Waals surface area contributed by atoms with E-state index in [9.17, 15) is 0 Å². The molecule has 0 bridgehead atoms. The maximum atomic E-state index is 5.56. The Morgan fingerprint density at radius 1 is 1.22 bits per heavy atom. The van der Waals surface area contributed by atoms with Crippen molar-refractivity contribution >= 4 is 29.9 Å². The Morgan fingerprint density at radius 3 is 2.48 bits per heavy atom. The van der Waals surface area contributed by atoms with Gasteiger partial charge in [0, 0.05) is 45.6 Å². The lowest BCUT2D eigenvalue weighted by Gasteiger charge is -2.24. The van der Waals surface area contributed by atoms with E-state index in [1.165, 1.54) is 5.56 Å². The van der Waals surface area contributed by atoms with Crippen LogP contribution >= 0.6 is 24.0 Å². The number of aromatic nitrogens is 2. The first-order valence-electron chi connectivity index (χ1n) is 9.33. The molecule has 1 aromatic rings. The van der Waals surface area contributed by atoms with Crippen LogP contribution < -0.4 is 10.6 Å². The van der Waals surface area contributed by atoms with Gasteiger partial charge >= 0.3 is 0 Å². The number of guanidine groups is 1. The predicted molar refractivity (Wildman–Crippen MR) is 121 cm³/mol. The van der Waals surface area contributed by atoms with Crippen molar-refractivity contribution in [2.45, 2.75) is 25.8 Å². The minimum absolute atomic E-state index is 0. The average Bonchev–Trinajstić information content (AvgIpc) is 3.04. The Labute approximate surface area is 181 Å². The van der Waals surface area contributed by atoms with E-state index in [2.05, 4.69) is 46.6 Å². The molecular weight excluding hydrogens is 459 g/mol. The Morgan fingerprint density at radius 2 is 1.93 bits per heavy atom. The molecule has 9 heteroatoms. The van der Waals surface area contributed by atoms with Crippen molar-refractivity contribution in [2.75, 3.05) is 60.7 Å². The highest BCUT2D eigenvalue weighted by atomic mass is 127. The van der Waals surface area contributed by atoms with Crippen molar-refractivity contribution in [3.05, 3.63) is 18.0 Å². The van der Waals surface area contributed by atoms with Gasteiger partial charge in [-0.1, -0.05) is 13.3 Å². The number of nitrogens with one attached hydrogen (secondary N) is 2. The molecule has 0 fully saturated rings. The lowest BCUT2D eigenvalue weighted by atomic mass is 10.1. The van der Waals surface area contributed by atoms with Gasteiger partial charge in [-0.2, -0.15) is 5.10 Å². The molecule has 0 amide bonds. The van der Waals surface area contributed by atoms with E-state index in [4.69, 9.17) is 9.47 Å². The number of aliphatic imine (C=N–C) groups is 1. The van der Waals surface area contributed by atoms with Gasteiger partial charge in [-0.3, -0.25) is 9.67 Å². The molecule has 0 aliphatic rings. The molecule has 0 saturated heterocycles. The number of halogens is 1. The normalized spacial score (nSPS) is 12.7. The quantitative estimate of drug-likeness (QED) is 0.187. The molecule has 2 N–H and O–H groups in total. The average molecular weight is 496 g/mol. The van der Waals surface area contributed by atoms with Gasteiger partial charge in [0.25, 0.3) is 0 Å². The van der Waals surface area contributed by atoms with Gasteiger partial charge in [0.1, 0.15) is 0 Å². The van der Waals surface area contributed by atoms with Crippen LogP contribution in [-0.4, -0.2) is 81.3 Å². The maximum Gasteiger partial charge on any atom is 0.191 e. The molecule has 1 aromatic heterocycles. The lowest BCUT2D eigenvalue weighted by Crippen LogP contribution is -2.42. The van der Waals surface area contributed by atoms with Crippen LogP contribution in [0.4, 0.5) is 0 Å². The van der Waals surface area contributed by atoms with E-state index in [0.29, 0.717) is 26.4 Å². The summed E-state index contributed by atoms with van der Waals surface area (Å²) in [6.07, 6.45) is 6.21. The van der Waals surface area contributed by atoms with Crippen LogP contribution in [0.15, 0.2) is 17.4 Å². The number of rotatable bonds is 13. The zero-order chi connectivity index (χ0) is 19.2. The van der Waals surface area contributed by atoms with Gasteiger partial charge in [0.2, 0.25) is 0 Å². The Kier molecular flexibility index (Phi) is 15.5.